The van der Waals surface area contributed by atoms with Gasteiger partial charge in [-0.05, 0) is 37.1 Å². The molecule has 2 N–H and O–H groups in total. The molecule has 0 aliphatic heterocycles. The molecular formula is C14H21NO3. The Hall–Kier alpha value is -1.55. The summed E-state index contributed by atoms with van der Waals surface area (Å²) in [4.78, 5) is 11.2. The number of hydrogen-bond acceptors (Lipinski definition) is 3. The number of nitrogens with one attached hydrogen (secondary N) is 1. The van der Waals surface area contributed by atoms with E-state index < -0.39 is 6.10 Å². The zero-order chi connectivity index (χ0) is 13.7. The molecule has 0 saturated heterocycles. The highest BCUT2D eigenvalue weighted by atomic mass is 16.5. The summed E-state index contributed by atoms with van der Waals surface area (Å²) >= 11 is 0. The molecular weight excluding hydrogens is 230 g/mol. The van der Waals surface area contributed by atoms with E-state index in [2.05, 4.69) is 5.32 Å². The summed E-state index contributed by atoms with van der Waals surface area (Å²) in [5.74, 6) is 0.577. The van der Waals surface area contributed by atoms with E-state index in [0.717, 1.165) is 11.1 Å². The van der Waals surface area contributed by atoms with Crippen LogP contribution in [0.15, 0.2) is 12.1 Å². The molecule has 100 valence electrons. The molecule has 0 heterocycles. The lowest BCUT2D eigenvalue weighted by Crippen LogP contribution is -2.27. The van der Waals surface area contributed by atoms with Crippen LogP contribution in [0.1, 0.15) is 36.1 Å². The van der Waals surface area contributed by atoms with Gasteiger partial charge in [0.2, 0.25) is 5.91 Å². The maximum absolute atomic E-state index is 11.2. The summed E-state index contributed by atoms with van der Waals surface area (Å²) in [7, 11) is 1.57. The zero-order valence-electron chi connectivity index (χ0n) is 11.4. The van der Waals surface area contributed by atoms with Crippen LogP contribution in [-0.2, 0) is 4.79 Å². The summed E-state index contributed by atoms with van der Waals surface area (Å²) in [6.07, 6.45) is -0.341. The first-order chi connectivity index (χ1) is 8.49. The van der Waals surface area contributed by atoms with Crippen LogP contribution < -0.4 is 10.1 Å². The van der Waals surface area contributed by atoms with Gasteiger partial charge in [-0.3, -0.25) is 4.79 Å². The third-order valence-corrected chi connectivity index (χ3v) is 3.02. The smallest absolute Gasteiger partial charge is 0.219 e. The maximum atomic E-state index is 11.2. The molecule has 4 nitrogen and oxygen atoms in total. The van der Waals surface area contributed by atoms with E-state index in [1.54, 1.807) is 14.0 Å². The average Bonchev–Trinajstić information content (AvgIpc) is 2.37. The van der Waals surface area contributed by atoms with Gasteiger partial charge >= 0.3 is 0 Å². The minimum Gasteiger partial charge on any atom is -0.496 e. The molecule has 1 aromatic carbocycles. The van der Waals surface area contributed by atoms with Gasteiger partial charge < -0.3 is 15.2 Å². The van der Waals surface area contributed by atoms with Crippen LogP contribution in [0.2, 0.25) is 0 Å². The Morgan fingerprint density at radius 2 is 2.00 bits per heavy atom. The topological polar surface area (TPSA) is 58.6 Å². The van der Waals surface area contributed by atoms with E-state index in [0.29, 0.717) is 17.7 Å². The zero-order valence-corrected chi connectivity index (χ0v) is 11.4. The molecule has 1 amide bonds. The van der Waals surface area contributed by atoms with Crippen LogP contribution in [0.5, 0.6) is 5.75 Å². The minimum atomic E-state index is -0.755. The van der Waals surface area contributed by atoms with E-state index in [4.69, 9.17) is 4.74 Å². The summed E-state index contributed by atoms with van der Waals surface area (Å²) in [5, 5.41) is 12.8. The van der Waals surface area contributed by atoms with Crippen molar-refractivity contribution in [1.82, 2.24) is 5.32 Å². The quantitative estimate of drug-likeness (QED) is 0.840. The number of benzene rings is 1. The SMILES string of the molecule is CCC(=O)NCC(O)c1cc(C)c(C)cc1OC. The number of rotatable bonds is 5. The fraction of sp³-hybridized carbons (Fsp3) is 0.500. The number of aliphatic hydroxyl groups is 1. The first kappa shape index (κ1) is 14.5. The highest BCUT2D eigenvalue weighted by Gasteiger charge is 2.15. The van der Waals surface area contributed by atoms with Crippen molar-refractivity contribution >= 4 is 5.91 Å². The Morgan fingerprint density at radius 3 is 2.56 bits per heavy atom. The Balaban J connectivity index is 2.87. The largest absolute Gasteiger partial charge is 0.496 e. The van der Waals surface area contributed by atoms with Crippen molar-refractivity contribution in [2.45, 2.75) is 33.3 Å². The Labute approximate surface area is 108 Å². The lowest BCUT2D eigenvalue weighted by molar-refractivity contribution is -0.121. The lowest BCUT2D eigenvalue weighted by Gasteiger charge is -2.17. The van der Waals surface area contributed by atoms with Crippen LogP contribution in [0.4, 0.5) is 0 Å². The number of amides is 1. The second-order valence-corrected chi connectivity index (χ2v) is 4.35. The van der Waals surface area contributed by atoms with Gasteiger partial charge in [0.1, 0.15) is 5.75 Å². The Kier molecular flexibility index (Phi) is 5.16. The standard InChI is InChI=1S/C14H21NO3/c1-5-14(17)15-8-12(16)11-6-9(2)10(3)7-13(11)18-4/h6-7,12,16H,5,8H2,1-4H3,(H,15,17). The number of ether oxygens (including phenoxy) is 1. The molecule has 0 aliphatic rings. The van der Waals surface area contributed by atoms with Gasteiger partial charge in [-0.15, -0.1) is 0 Å². The minimum absolute atomic E-state index is 0.0724. The van der Waals surface area contributed by atoms with Gasteiger partial charge in [0.05, 0.1) is 13.2 Å². The molecule has 0 bridgehead atoms. The van der Waals surface area contributed by atoms with Crippen LogP contribution in [-0.4, -0.2) is 24.7 Å². The van der Waals surface area contributed by atoms with Crippen molar-refractivity contribution in [3.63, 3.8) is 0 Å². The molecule has 1 aromatic rings. The number of hydrogen-bond donors (Lipinski definition) is 2. The van der Waals surface area contributed by atoms with Crippen molar-refractivity contribution in [2.75, 3.05) is 13.7 Å². The van der Waals surface area contributed by atoms with Crippen molar-refractivity contribution < 1.29 is 14.6 Å². The number of methoxy groups -OCH3 is 1. The fourth-order valence-electron chi connectivity index (χ4n) is 1.69. The van der Waals surface area contributed by atoms with Gasteiger partial charge in [-0.2, -0.15) is 0 Å². The van der Waals surface area contributed by atoms with Gasteiger partial charge in [0, 0.05) is 18.5 Å². The van der Waals surface area contributed by atoms with Crippen LogP contribution in [0.3, 0.4) is 0 Å². The summed E-state index contributed by atoms with van der Waals surface area (Å²) < 4.78 is 5.26. The van der Waals surface area contributed by atoms with Gasteiger partial charge in [0.15, 0.2) is 0 Å². The van der Waals surface area contributed by atoms with E-state index in [1.165, 1.54) is 0 Å². The second kappa shape index (κ2) is 6.40. The monoisotopic (exact) mass is 251 g/mol. The molecule has 18 heavy (non-hydrogen) atoms. The Morgan fingerprint density at radius 1 is 1.39 bits per heavy atom. The molecule has 0 aliphatic carbocycles. The van der Waals surface area contributed by atoms with Gasteiger partial charge in [-0.1, -0.05) is 6.92 Å². The fourth-order valence-corrected chi connectivity index (χ4v) is 1.69. The average molecular weight is 251 g/mol. The molecule has 0 spiro atoms. The molecule has 0 radical (unpaired) electrons. The van der Waals surface area contributed by atoms with Crippen molar-refractivity contribution in [1.29, 1.82) is 0 Å². The molecule has 1 rings (SSSR count). The van der Waals surface area contributed by atoms with E-state index >= 15 is 0 Å². The summed E-state index contributed by atoms with van der Waals surface area (Å²) in [6.45, 7) is 5.95. The Bertz CT molecular complexity index is 429. The van der Waals surface area contributed by atoms with Crippen LogP contribution in [0.25, 0.3) is 0 Å². The third-order valence-electron chi connectivity index (χ3n) is 3.02. The predicted molar refractivity (Wildman–Crippen MR) is 70.7 cm³/mol. The highest BCUT2D eigenvalue weighted by molar-refractivity contribution is 5.75. The van der Waals surface area contributed by atoms with Crippen molar-refractivity contribution in [2.24, 2.45) is 0 Å². The lowest BCUT2D eigenvalue weighted by atomic mass is 10.0. The number of aryl methyl sites for hydroxylation is 2. The molecule has 0 fully saturated rings. The first-order valence-corrected chi connectivity index (χ1v) is 6.09. The number of carbonyl (C=O) groups is 1. The summed E-state index contributed by atoms with van der Waals surface area (Å²) in [6, 6.07) is 3.80. The number of carbonyl (C=O) groups excluding carboxylic acids is 1. The number of aliphatic hydroxyl groups excluding tert-OH is 1. The molecule has 1 unspecified atom stereocenters. The first-order valence-electron chi connectivity index (χ1n) is 6.09. The molecule has 1 atom stereocenters. The van der Waals surface area contributed by atoms with Crippen molar-refractivity contribution in [3.05, 3.63) is 28.8 Å². The highest BCUT2D eigenvalue weighted by Crippen LogP contribution is 2.28. The van der Waals surface area contributed by atoms with E-state index in [9.17, 15) is 9.90 Å². The van der Waals surface area contributed by atoms with Crippen LogP contribution >= 0.6 is 0 Å². The van der Waals surface area contributed by atoms with Crippen molar-refractivity contribution in [3.8, 4) is 5.75 Å². The molecule has 0 saturated carbocycles. The normalized spacial score (nSPS) is 12.1. The summed E-state index contributed by atoms with van der Waals surface area (Å²) in [5.41, 5.74) is 2.91. The van der Waals surface area contributed by atoms with E-state index in [1.807, 2.05) is 26.0 Å². The molecule has 4 heteroatoms. The second-order valence-electron chi connectivity index (χ2n) is 4.35. The van der Waals surface area contributed by atoms with Gasteiger partial charge in [0.25, 0.3) is 0 Å². The van der Waals surface area contributed by atoms with E-state index in [-0.39, 0.29) is 12.5 Å². The molecule has 0 aromatic heterocycles. The third kappa shape index (κ3) is 3.47. The maximum Gasteiger partial charge on any atom is 0.219 e. The van der Waals surface area contributed by atoms with Gasteiger partial charge in [-0.25, -0.2) is 0 Å². The van der Waals surface area contributed by atoms with Crippen LogP contribution in [0, 0.1) is 13.8 Å². The predicted octanol–water partition coefficient (Wildman–Crippen LogP) is 1.87.